The van der Waals surface area contributed by atoms with Crippen molar-refractivity contribution in [1.82, 2.24) is 9.78 Å². The normalized spacial score (nSPS) is 10.9. The summed E-state index contributed by atoms with van der Waals surface area (Å²) in [4.78, 5) is 11.3. The Bertz CT molecular complexity index is 778. The van der Waals surface area contributed by atoms with Gasteiger partial charge < -0.3 is 0 Å². The van der Waals surface area contributed by atoms with E-state index >= 15 is 0 Å². The molecule has 4 heteroatoms. The van der Waals surface area contributed by atoms with Crippen molar-refractivity contribution in [2.75, 3.05) is 0 Å². The number of fused-ring (bicyclic) bond motifs is 1. The van der Waals surface area contributed by atoms with E-state index in [2.05, 4.69) is 17.2 Å². The second kappa shape index (κ2) is 5.10. The van der Waals surface area contributed by atoms with Gasteiger partial charge in [0.1, 0.15) is 0 Å². The summed E-state index contributed by atoms with van der Waals surface area (Å²) in [7, 11) is 0. The number of halogens is 1. The van der Waals surface area contributed by atoms with E-state index in [4.69, 9.17) is 11.6 Å². The van der Waals surface area contributed by atoms with Gasteiger partial charge in [-0.1, -0.05) is 36.4 Å². The molecule has 3 nitrogen and oxygen atoms in total. The molecule has 1 aromatic heterocycles. The number of hydrogen-bond donors (Lipinski definition) is 0. The predicted octanol–water partition coefficient (Wildman–Crippen LogP) is 3.77. The van der Waals surface area contributed by atoms with E-state index in [1.54, 1.807) is 12.1 Å². The summed E-state index contributed by atoms with van der Waals surface area (Å²) in [6.45, 7) is 2.64. The van der Waals surface area contributed by atoms with Gasteiger partial charge in [-0.15, -0.1) is 0 Å². The fourth-order valence-electron chi connectivity index (χ4n) is 2.34. The van der Waals surface area contributed by atoms with Crippen molar-refractivity contribution in [3.05, 3.63) is 65.4 Å². The molecule has 0 aliphatic rings. The molecule has 0 unspecified atom stereocenters. The van der Waals surface area contributed by atoms with E-state index < -0.39 is 5.24 Å². The van der Waals surface area contributed by atoms with Gasteiger partial charge in [-0.3, -0.25) is 9.48 Å². The molecule has 2 aromatic carbocycles. The molecule has 0 N–H and O–H groups in total. The lowest BCUT2D eigenvalue weighted by molar-refractivity contribution is 0.108. The van der Waals surface area contributed by atoms with Gasteiger partial charge in [-0.2, -0.15) is 5.10 Å². The molecule has 0 saturated carbocycles. The van der Waals surface area contributed by atoms with Crippen molar-refractivity contribution in [2.24, 2.45) is 0 Å². The van der Waals surface area contributed by atoms with Crippen LogP contribution in [-0.4, -0.2) is 15.0 Å². The molecule has 0 radical (unpaired) electrons. The zero-order valence-electron chi connectivity index (χ0n) is 11.0. The summed E-state index contributed by atoms with van der Waals surface area (Å²) in [5.41, 5.74) is 3.54. The maximum atomic E-state index is 11.3. The van der Waals surface area contributed by atoms with Gasteiger partial charge in [0.25, 0.3) is 5.24 Å². The van der Waals surface area contributed by atoms with Crippen LogP contribution >= 0.6 is 11.6 Å². The number of carbonyl (C=O) groups is 1. The van der Waals surface area contributed by atoms with Gasteiger partial charge in [0.2, 0.25) is 0 Å². The maximum absolute atomic E-state index is 11.3. The van der Waals surface area contributed by atoms with Crippen LogP contribution < -0.4 is 0 Å². The molecular weight excluding hydrogens is 272 g/mol. The van der Waals surface area contributed by atoms with E-state index in [-0.39, 0.29) is 0 Å². The highest BCUT2D eigenvalue weighted by Crippen LogP contribution is 2.21. The lowest BCUT2D eigenvalue weighted by Gasteiger charge is -2.04. The molecular formula is C16H13ClN2O. The Balaban J connectivity index is 2.10. The Morgan fingerprint density at radius 3 is 2.65 bits per heavy atom. The van der Waals surface area contributed by atoms with Gasteiger partial charge in [-0.25, -0.2) is 0 Å². The number of carbonyl (C=O) groups excluding carboxylic acids is 1. The van der Waals surface area contributed by atoms with Crippen molar-refractivity contribution in [1.29, 1.82) is 0 Å². The van der Waals surface area contributed by atoms with Crippen LogP contribution in [0, 0.1) is 6.92 Å². The fraction of sp³-hybridized carbons (Fsp3) is 0.125. The fourth-order valence-corrected chi connectivity index (χ4v) is 2.46. The second-order valence-corrected chi connectivity index (χ2v) is 5.08. The molecule has 100 valence electrons. The highest BCUT2D eigenvalue weighted by Gasteiger charge is 2.10. The molecule has 0 aliphatic heterocycles. The molecule has 0 spiro atoms. The average Bonchev–Trinajstić information content (AvgIpc) is 2.76. The first-order chi connectivity index (χ1) is 9.65. The standard InChI is InChI=1S/C16H13ClN2O/c1-11-14-8-7-13(16(17)20)9-15(14)19(18-11)10-12-5-3-2-4-6-12/h2-9H,10H2,1H3. The summed E-state index contributed by atoms with van der Waals surface area (Å²) in [5, 5.41) is 5.14. The second-order valence-electron chi connectivity index (χ2n) is 4.73. The van der Waals surface area contributed by atoms with Crippen molar-refractivity contribution >= 4 is 27.7 Å². The van der Waals surface area contributed by atoms with Gasteiger partial charge >= 0.3 is 0 Å². The number of aryl methyl sites for hydroxylation is 1. The van der Waals surface area contributed by atoms with Crippen LogP contribution in [-0.2, 0) is 6.54 Å². The first-order valence-corrected chi connectivity index (χ1v) is 6.74. The zero-order valence-corrected chi connectivity index (χ0v) is 11.8. The van der Waals surface area contributed by atoms with Crippen LogP contribution in [0.5, 0.6) is 0 Å². The minimum Gasteiger partial charge on any atom is -0.276 e. The third-order valence-corrected chi connectivity index (χ3v) is 3.56. The van der Waals surface area contributed by atoms with Gasteiger partial charge in [0, 0.05) is 10.9 Å². The minimum absolute atomic E-state index is 0.447. The Kier molecular flexibility index (Phi) is 3.28. The molecule has 0 bridgehead atoms. The van der Waals surface area contributed by atoms with E-state index in [9.17, 15) is 4.79 Å². The topological polar surface area (TPSA) is 34.9 Å². The number of aromatic nitrogens is 2. The SMILES string of the molecule is Cc1nn(Cc2ccccc2)c2cc(C(=O)Cl)ccc12. The summed E-state index contributed by atoms with van der Waals surface area (Å²) in [6.07, 6.45) is 0. The molecule has 0 saturated heterocycles. The Labute approximate surface area is 121 Å². The highest BCUT2D eigenvalue weighted by atomic mass is 35.5. The molecule has 1 heterocycles. The lowest BCUT2D eigenvalue weighted by Crippen LogP contribution is -2.02. The molecule has 0 fully saturated rings. The average molecular weight is 285 g/mol. The van der Waals surface area contributed by atoms with E-state index in [0.717, 1.165) is 16.6 Å². The molecule has 3 rings (SSSR count). The van der Waals surface area contributed by atoms with Crippen LogP contribution in [0.3, 0.4) is 0 Å². The van der Waals surface area contributed by atoms with Gasteiger partial charge in [-0.05, 0) is 36.2 Å². The molecule has 3 aromatic rings. The van der Waals surface area contributed by atoms with E-state index in [1.807, 2.05) is 35.9 Å². The zero-order chi connectivity index (χ0) is 14.1. The minimum atomic E-state index is -0.447. The number of rotatable bonds is 3. The number of benzene rings is 2. The third-order valence-electron chi connectivity index (χ3n) is 3.34. The van der Waals surface area contributed by atoms with Crippen LogP contribution in [0.25, 0.3) is 10.9 Å². The van der Waals surface area contributed by atoms with Crippen LogP contribution in [0.15, 0.2) is 48.5 Å². The quantitative estimate of drug-likeness (QED) is 0.686. The Morgan fingerprint density at radius 2 is 1.95 bits per heavy atom. The summed E-state index contributed by atoms with van der Waals surface area (Å²) < 4.78 is 1.91. The predicted molar refractivity (Wildman–Crippen MR) is 80.2 cm³/mol. The monoisotopic (exact) mass is 284 g/mol. The van der Waals surface area contributed by atoms with Crippen molar-refractivity contribution in [3.63, 3.8) is 0 Å². The largest absolute Gasteiger partial charge is 0.276 e. The van der Waals surface area contributed by atoms with Crippen molar-refractivity contribution in [2.45, 2.75) is 13.5 Å². The summed E-state index contributed by atoms with van der Waals surface area (Å²) in [5.74, 6) is 0. The smallest absolute Gasteiger partial charge is 0.252 e. The Morgan fingerprint density at radius 1 is 1.20 bits per heavy atom. The van der Waals surface area contributed by atoms with E-state index in [1.165, 1.54) is 5.56 Å². The first kappa shape index (κ1) is 12.9. The Hall–Kier alpha value is -2.13. The molecule has 0 amide bonds. The molecule has 20 heavy (non-hydrogen) atoms. The van der Waals surface area contributed by atoms with Crippen LogP contribution in [0.2, 0.25) is 0 Å². The van der Waals surface area contributed by atoms with E-state index in [0.29, 0.717) is 12.1 Å². The van der Waals surface area contributed by atoms with Crippen molar-refractivity contribution < 1.29 is 4.79 Å². The maximum Gasteiger partial charge on any atom is 0.252 e. The lowest BCUT2D eigenvalue weighted by atomic mass is 10.1. The summed E-state index contributed by atoms with van der Waals surface area (Å²) >= 11 is 5.55. The molecule has 0 aliphatic carbocycles. The third kappa shape index (κ3) is 2.32. The number of nitrogens with zero attached hydrogens (tertiary/aromatic N) is 2. The van der Waals surface area contributed by atoms with Crippen LogP contribution in [0.1, 0.15) is 21.6 Å². The van der Waals surface area contributed by atoms with Crippen molar-refractivity contribution in [3.8, 4) is 0 Å². The molecule has 0 atom stereocenters. The van der Waals surface area contributed by atoms with Gasteiger partial charge in [0.15, 0.2) is 0 Å². The highest BCUT2D eigenvalue weighted by molar-refractivity contribution is 6.67. The number of hydrogen-bond acceptors (Lipinski definition) is 2. The van der Waals surface area contributed by atoms with Crippen LogP contribution in [0.4, 0.5) is 0 Å². The summed E-state index contributed by atoms with van der Waals surface area (Å²) in [6, 6.07) is 15.5. The van der Waals surface area contributed by atoms with Gasteiger partial charge in [0.05, 0.1) is 17.8 Å². The first-order valence-electron chi connectivity index (χ1n) is 6.36.